The van der Waals surface area contributed by atoms with E-state index in [4.69, 9.17) is 5.73 Å². The van der Waals surface area contributed by atoms with E-state index < -0.39 is 0 Å². The highest BCUT2D eigenvalue weighted by Gasteiger charge is 2.07. The maximum Gasteiger partial charge on any atom is 0.229 e. The molecule has 88 valence electrons. The molecule has 0 aliphatic carbocycles. The van der Waals surface area contributed by atoms with E-state index in [1.807, 2.05) is 0 Å². The standard InChI is InChI=1S/C12H13FN4/c1-17(11-4-2-3-9(13)7-11)12-15-6-5-10(8-14)16-12/h2-7H,8,14H2,1H3. The first-order valence-corrected chi connectivity index (χ1v) is 5.22. The molecule has 0 saturated carbocycles. The van der Waals surface area contributed by atoms with Gasteiger partial charge in [-0.3, -0.25) is 0 Å². The minimum Gasteiger partial charge on any atom is -0.325 e. The summed E-state index contributed by atoms with van der Waals surface area (Å²) in [5.41, 5.74) is 6.95. The number of rotatable bonds is 3. The molecule has 5 heteroatoms. The summed E-state index contributed by atoms with van der Waals surface area (Å²) in [6.45, 7) is 0.354. The van der Waals surface area contributed by atoms with Crippen molar-refractivity contribution in [3.63, 3.8) is 0 Å². The van der Waals surface area contributed by atoms with Gasteiger partial charge in [0.15, 0.2) is 0 Å². The van der Waals surface area contributed by atoms with E-state index in [9.17, 15) is 4.39 Å². The number of hydrogen-bond donors (Lipinski definition) is 1. The molecule has 0 bridgehead atoms. The Morgan fingerprint density at radius 2 is 2.18 bits per heavy atom. The fourth-order valence-corrected chi connectivity index (χ4v) is 1.46. The van der Waals surface area contributed by atoms with Crippen LogP contribution in [0.2, 0.25) is 0 Å². The Morgan fingerprint density at radius 3 is 2.88 bits per heavy atom. The molecule has 0 saturated heterocycles. The van der Waals surface area contributed by atoms with Crippen LogP contribution in [-0.2, 0) is 6.54 Å². The number of halogens is 1. The summed E-state index contributed by atoms with van der Waals surface area (Å²) in [6.07, 6.45) is 1.64. The van der Waals surface area contributed by atoms with Crippen molar-refractivity contribution >= 4 is 11.6 Å². The molecule has 0 unspecified atom stereocenters. The van der Waals surface area contributed by atoms with E-state index in [0.29, 0.717) is 18.2 Å². The van der Waals surface area contributed by atoms with E-state index in [2.05, 4.69) is 9.97 Å². The average molecular weight is 232 g/mol. The molecule has 0 fully saturated rings. The van der Waals surface area contributed by atoms with Crippen molar-refractivity contribution in [1.82, 2.24) is 9.97 Å². The van der Waals surface area contributed by atoms with Crippen molar-refractivity contribution in [2.45, 2.75) is 6.54 Å². The number of anilines is 2. The van der Waals surface area contributed by atoms with Crippen LogP contribution in [0.5, 0.6) is 0 Å². The number of nitrogens with zero attached hydrogens (tertiary/aromatic N) is 3. The zero-order valence-electron chi connectivity index (χ0n) is 9.47. The predicted octanol–water partition coefficient (Wildman–Crippen LogP) is 1.84. The molecule has 0 radical (unpaired) electrons. The molecule has 2 aromatic rings. The Morgan fingerprint density at radius 1 is 1.35 bits per heavy atom. The van der Waals surface area contributed by atoms with Crippen molar-refractivity contribution in [3.8, 4) is 0 Å². The van der Waals surface area contributed by atoms with Gasteiger partial charge in [-0.25, -0.2) is 14.4 Å². The average Bonchev–Trinajstić information content (AvgIpc) is 2.38. The largest absolute Gasteiger partial charge is 0.325 e. The van der Waals surface area contributed by atoms with Gasteiger partial charge in [0.1, 0.15) is 5.82 Å². The lowest BCUT2D eigenvalue weighted by Crippen LogP contribution is -2.14. The Bertz CT molecular complexity index is 515. The van der Waals surface area contributed by atoms with Crippen LogP contribution in [0.1, 0.15) is 5.69 Å². The molecule has 1 aromatic heterocycles. The second-order valence-corrected chi connectivity index (χ2v) is 3.59. The van der Waals surface area contributed by atoms with Crippen molar-refractivity contribution in [3.05, 3.63) is 48.0 Å². The fraction of sp³-hybridized carbons (Fsp3) is 0.167. The van der Waals surface area contributed by atoms with Gasteiger partial charge in [-0.05, 0) is 24.3 Å². The second-order valence-electron chi connectivity index (χ2n) is 3.59. The maximum absolute atomic E-state index is 13.1. The van der Waals surface area contributed by atoms with E-state index in [-0.39, 0.29) is 5.82 Å². The van der Waals surface area contributed by atoms with Gasteiger partial charge in [-0.15, -0.1) is 0 Å². The molecular weight excluding hydrogens is 219 g/mol. The van der Waals surface area contributed by atoms with Crippen LogP contribution in [0.4, 0.5) is 16.0 Å². The number of benzene rings is 1. The van der Waals surface area contributed by atoms with Crippen LogP contribution in [0.3, 0.4) is 0 Å². The van der Waals surface area contributed by atoms with E-state index in [1.165, 1.54) is 12.1 Å². The van der Waals surface area contributed by atoms with Gasteiger partial charge in [0.05, 0.1) is 5.69 Å². The zero-order valence-corrected chi connectivity index (χ0v) is 9.47. The van der Waals surface area contributed by atoms with Crippen molar-refractivity contribution in [2.75, 3.05) is 11.9 Å². The first kappa shape index (κ1) is 11.5. The molecule has 17 heavy (non-hydrogen) atoms. The van der Waals surface area contributed by atoms with Crippen LogP contribution >= 0.6 is 0 Å². The van der Waals surface area contributed by atoms with E-state index >= 15 is 0 Å². The Labute approximate surface area is 98.9 Å². The van der Waals surface area contributed by atoms with Crippen LogP contribution in [0.15, 0.2) is 36.5 Å². The third-order valence-electron chi connectivity index (χ3n) is 2.41. The summed E-state index contributed by atoms with van der Waals surface area (Å²) in [4.78, 5) is 10.1. The van der Waals surface area contributed by atoms with Crippen molar-refractivity contribution in [1.29, 1.82) is 0 Å². The molecule has 1 heterocycles. The van der Waals surface area contributed by atoms with Crippen molar-refractivity contribution in [2.24, 2.45) is 5.73 Å². The van der Waals surface area contributed by atoms with E-state index in [0.717, 1.165) is 5.69 Å². The van der Waals surface area contributed by atoms with Crippen molar-refractivity contribution < 1.29 is 4.39 Å². The van der Waals surface area contributed by atoms with Gasteiger partial charge in [0.25, 0.3) is 0 Å². The molecule has 4 nitrogen and oxygen atoms in total. The zero-order chi connectivity index (χ0) is 12.3. The highest BCUT2D eigenvalue weighted by Crippen LogP contribution is 2.20. The van der Waals surface area contributed by atoms with Crippen LogP contribution in [-0.4, -0.2) is 17.0 Å². The predicted molar refractivity (Wildman–Crippen MR) is 64.4 cm³/mol. The molecule has 0 amide bonds. The van der Waals surface area contributed by atoms with Gasteiger partial charge in [0.2, 0.25) is 5.95 Å². The van der Waals surface area contributed by atoms with E-state index in [1.54, 1.807) is 36.3 Å². The summed E-state index contributed by atoms with van der Waals surface area (Å²) in [5, 5.41) is 0. The topological polar surface area (TPSA) is 55.0 Å². The summed E-state index contributed by atoms with van der Waals surface area (Å²) in [5.74, 6) is 0.211. The molecule has 2 rings (SSSR count). The molecule has 1 aromatic carbocycles. The number of aromatic nitrogens is 2. The van der Waals surface area contributed by atoms with Crippen LogP contribution < -0.4 is 10.6 Å². The summed E-state index contributed by atoms with van der Waals surface area (Å²) in [7, 11) is 1.78. The number of nitrogens with two attached hydrogens (primary N) is 1. The minimum absolute atomic E-state index is 0.288. The third kappa shape index (κ3) is 2.57. The summed E-state index contributed by atoms with van der Waals surface area (Å²) in [6, 6.07) is 8.02. The minimum atomic E-state index is -0.288. The molecular formula is C12H13FN4. The Kier molecular flexibility index (Phi) is 3.30. The number of hydrogen-bond acceptors (Lipinski definition) is 4. The molecule has 0 aliphatic heterocycles. The first-order valence-electron chi connectivity index (χ1n) is 5.22. The SMILES string of the molecule is CN(c1cccc(F)c1)c1nccc(CN)n1. The fourth-order valence-electron chi connectivity index (χ4n) is 1.46. The molecule has 0 atom stereocenters. The second kappa shape index (κ2) is 4.88. The monoisotopic (exact) mass is 232 g/mol. The highest BCUT2D eigenvalue weighted by molar-refractivity contribution is 5.55. The molecule has 0 aliphatic rings. The van der Waals surface area contributed by atoms with Gasteiger partial charge in [0, 0.05) is 25.5 Å². The quantitative estimate of drug-likeness (QED) is 0.877. The Hall–Kier alpha value is -2.01. The lowest BCUT2D eigenvalue weighted by molar-refractivity contribution is 0.628. The Balaban J connectivity index is 2.33. The normalized spacial score (nSPS) is 10.3. The third-order valence-corrected chi connectivity index (χ3v) is 2.41. The van der Waals surface area contributed by atoms with Crippen LogP contribution in [0, 0.1) is 5.82 Å². The molecule has 0 spiro atoms. The van der Waals surface area contributed by atoms with Crippen LogP contribution in [0.25, 0.3) is 0 Å². The lowest BCUT2D eigenvalue weighted by Gasteiger charge is -2.17. The first-order chi connectivity index (χ1) is 8.20. The summed E-state index contributed by atoms with van der Waals surface area (Å²) >= 11 is 0. The smallest absolute Gasteiger partial charge is 0.229 e. The van der Waals surface area contributed by atoms with Gasteiger partial charge >= 0.3 is 0 Å². The lowest BCUT2D eigenvalue weighted by atomic mass is 10.3. The van der Waals surface area contributed by atoms with Gasteiger partial charge in [-0.2, -0.15) is 0 Å². The van der Waals surface area contributed by atoms with Gasteiger partial charge in [-0.1, -0.05) is 6.07 Å². The molecule has 2 N–H and O–H groups in total. The maximum atomic E-state index is 13.1. The highest BCUT2D eigenvalue weighted by atomic mass is 19.1. The summed E-state index contributed by atoms with van der Waals surface area (Å²) < 4.78 is 13.1. The van der Waals surface area contributed by atoms with Gasteiger partial charge < -0.3 is 10.6 Å².